The topological polar surface area (TPSA) is 87.6 Å². The third-order valence-corrected chi connectivity index (χ3v) is 3.31. The number of hydrogen-bond donors (Lipinski definition) is 3. The van der Waals surface area contributed by atoms with Crippen molar-refractivity contribution in [3.05, 3.63) is 36.4 Å². The van der Waals surface area contributed by atoms with Crippen LogP contribution >= 0.6 is 0 Å². The molecule has 3 N–H and O–H groups in total. The summed E-state index contributed by atoms with van der Waals surface area (Å²) in [7, 11) is 0. The highest BCUT2D eigenvalue weighted by atomic mass is 19.3. The van der Waals surface area contributed by atoms with Crippen molar-refractivity contribution in [1.29, 1.82) is 0 Å². The van der Waals surface area contributed by atoms with Gasteiger partial charge in [0.05, 0.1) is 22.9 Å². The Kier molecular flexibility index (Phi) is 4.41. The maximum atomic E-state index is 12.6. The van der Waals surface area contributed by atoms with Gasteiger partial charge in [-0.05, 0) is 24.6 Å². The van der Waals surface area contributed by atoms with E-state index in [4.69, 9.17) is 0 Å². The van der Waals surface area contributed by atoms with Crippen molar-refractivity contribution in [2.75, 3.05) is 10.6 Å². The second-order valence-corrected chi connectivity index (χ2v) is 5.23. The summed E-state index contributed by atoms with van der Waals surface area (Å²) in [6.45, 7) is 2.80. The molecule has 0 atom stereocenters. The minimum absolute atomic E-state index is 0.394. The molecule has 2 heterocycles. The SMILES string of the molecule is CCCn1cc(NC(=O)Nc2ccc3nc(C(F)F)[nH]c3c2)cn1. The number of carbonyl (C=O) groups is 1. The summed E-state index contributed by atoms with van der Waals surface area (Å²) in [5, 5.41) is 9.42. The molecule has 1 aromatic carbocycles. The van der Waals surface area contributed by atoms with Crippen LogP contribution in [0.25, 0.3) is 11.0 Å². The van der Waals surface area contributed by atoms with Crippen molar-refractivity contribution in [2.45, 2.75) is 26.3 Å². The highest BCUT2D eigenvalue weighted by molar-refractivity contribution is 6.00. The molecule has 2 amide bonds. The van der Waals surface area contributed by atoms with Crippen molar-refractivity contribution in [3.63, 3.8) is 0 Å². The molecule has 0 fully saturated rings. The van der Waals surface area contributed by atoms with Gasteiger partial charge in [-0.1, -0.05) is 6.92 Å². The largest absolute Gasteiger partial charge is 0.337 e. The number of carbonyl (C=O) groups excluding carboxylic acids is 1. The number of imidazole rings is 1. The molecular formula is C15H16F2N6O. The number of anilines is 2. The van der Waals surface area contributed by atoms with Crippen LogP contribution in [0.2, 0.25) is 0 Å². The zero-order valence-corrected chi connectivity index (χ0v) is 12.9. The molecular weight excluding hydrogens is 318 g/mol. The first-order valence-corrected chi connectivity index (χ1v) is 7.43. The van der Waals surface area contributed by atoms with E-state index in [0.717, 1.165) is 13.0 Å². The van der Waals surface area contributed by atoms with E-state index in [0.29, 0.717) is 22.4 Å². The molecule has 0 bridgehead atoms. The number of rotatable bonds is 5. The quantitative estimate of drug-likeness (QED) is 0.664. The van der Waals surface area contributed by atoms with Crippen LogP contribution in [0.4, 0.5) is 25.0 Å². The molecule has 7 nitrogen and oxygen atoms in total. The first-order valence-electron chi connectivity index (χ1n) is 7.43. The molecule has 9 heteroatoms. The van der Waals surface area contributed by atoms with E-state index in [2.05, 4.69) is 25.7 Å². The lowest BCUT2D eigenvalue weighted by atomic mass is 10.3. The van der Waals surface area contributed by atoms with Gasteiger partial charge in [-0.25, -0.2) is 18.6 Å². The number of benzene rings is 1. The fraction of sp³-hybridized carbons (Fsp3) is 0.267. The van der Waals surface area contributed by atoms with Gasteiger partial charge in [-0.2, -0.15) is 5.10 Å². The van der Waals surface area contributed by atoms with E-state index in [1.165, 1.54) is 0 Å². The number of hydrogen-bond acceptors (Lipinski definition) is 3. The van der Waals surface area contributed by atoms with Crippen LogP contribution < -0.4 is 10.6 Å². The van der Waals surface area contributed by atoms with Gasteiger partial charge in [-0.3, -0.25) is 4.68 Å². The third-order valence-electron chi connectivity index (χ3n) is 3.31. The zero-order valence-electron chi connectivity index (χ0n) is 12.9. The summed E-state index contributed by atoms with van der Waals surface area (Å²) in [6.07, 6.45) is 1.56. The van der Waals surface area contributed by atoms with Gasteiger partial charge in [0.25, 0.3) is 6.43 Å². The molecule has 126 valence electrons. The molecule has 0 unspecified atom stereocenters. The Bertz CT molecular complexity index is 857. The van der Waals surface area contributed by atoms with Gasteiger partial charge in [-0.15, -0.1) is 0 Å². The lowest BCUT2D eigenvalue weighted by Gasteiger charge is -2.05. The van der Waals surface area contributed by atoms with Gasteiger partial charge >= 0.3 is 6.03 Å². The van der Waals surface area contributed by atoms with Gasteiger partial charge in [0.2, 0.25) is 0 Å². The summed E-state index contributed by atoms with van der Waals surface area (Å²) in [4.78, 5) is 18.3. The number of aromatic nitrogens is 4. The fourth-order valence-electron chi connectivity index (χ4n) is 2.28. The number of amides is 2. The average molecular weight is 334 g/mol. The van der Waals surface area contributed by atoms with Crippen LogP contribution in [0.15, 0.2) is 30.6 Å². The lowest BCUT2D eigenvalue weighted by Crippen LogP contribution is -2.19. The molecule has 3 rings (SSSR count). The van der Waals surface area contributed by atoms with E-state index >= 15 is 0 Å². The molecule has 2 aromatic heterocycles. The van der Waals surface area contributed by atoms with Crippen LogP contribution in [0.5, 0.6) is 0 Å². The standard InChI is InChI=1S/C15H16F2N6O/c1-2-5-23-8-10(7-18-23)20-15(24)19-9-3-4-11-12(6-9)22-14(21-11)13(16)17/h3-4,6-8,13H,2,5H2,1H3,(H,21,22)(H2,19,20,24). The number of alkyl halides is 2. The first kappa shape index (κ1) is 15.9. The zero-order chi connectivity index (χ0) is 17.1. The molecule has 0 aliphatic carbocycles. The van der Waals surface area contributed by atoms with Gasteiger partial charge < -0.3 is 15.6 Å². The second kappa shape index (κ2) is 6.65. The Balaban J connectivity index is 1.68. The second-order valence-electron chi connectivity index (χ2n) is 5.23. The highest BCUT2D eigenvalue weighted by Gasteiger charge is 2.13. The molecule has 0 saturated heterocycles. The maximum Gasteiger partial charge on any atom is 0.323 e. The molecule has 0 radical (unpaired) electrons. The van der Waals surface area contributed by atoms with Gasteiger partial charge in [0, 0.05) is 18.4 Å². The Morgan fingerprint density at radius 3 is 2.88 bits per heavy atom. The van der Waals surface area contributed by atoms with E-state index in [1.807, 2.05) is 6.92 Å². The number of halogens is 2. The van der Waals surface area contributed by atoms with Crippen LogP contribution in [-0.4, -0.2) is 25.8 Å². The van der Waals surface area contributed by atoms with Crippen molar-refractivity contribution < 1.29 is 13.6 Å². The van der Waals surface area contributed by atoms with Crippen LogP contribution in [0, 0.1) is 0 Å². The van der Waals surface area contributed by atoms with E-state index in [1.54, 1.807) is 35.3 Å². The molecule has 24 heavy (non-hydrogen) atoms. The Morgan fingerprint density at radius 2 is 2.12 bits per heavy atom. The van der Waals surface area contributed by atoms with E-state index < -0.39 is 18.3 Å². The third kappa shape index (κ3) is 3.50. The Morgan fingerprint density at radius 1 is 1.33 bits per heavy atom. The number of nitrogens with zero attached hydrogens (tertiary/aromatic N) is 3. The van der Waals surface area contributed by atoms with Crippen molar-refractivity contribution in [3.8, 4) is 0 Å². The predicted octanol–water partition coefficient (Wildman–Crippen LogP) is 3.75. The summed E-state index contributed by atoms with van der Waals surface area (Å²) < 4.78 is 27.0. The number of fused-ring (bicyclic) bond motifs is 1. The van der Waals surface area contributed by atoms with Crippen LogP contribution in [0.3, 0.4) is 0 Å². The van der Waals surface area contributed by atoms with Gasteiger partial charge in [0.1, 0.15) is 0 Å². The summed E-state index contributed by atoms with van der Waals surface area (Å²) in [5.41, 5.74) is 1.88. The van der Waals surface area contributed by atoms with Crippen LogP contribution in [-0.2, 0) is 6.54 Å². The highest BCUT2D eigenvalue weighted by Crippen LogP contribution is 2.22. The van der Waals surface area contributed by atoms with Crippen molar-refractivity contribution in [2.24, 2.45) is 0 Å². The first-order chi connectivity index (χ1) is 11.5. The lowest BCUT2D eigenvalue weighted by molar-refractivity contribution is 0.142. The molecule has 0 aliphatic heterocycles. The molecule has 0 saturated carbocycles. The number of aromatic amines is 1. The van der Waals surface area contributed by atoms with Gasteiger partial charge in [0.15, 0.2) is 5.82 Å². The average Bonchev–Trinajstić information content (AvgIpc) is 3.14. The Labute approximate surface area is 136 Å². The number of urea groups is 1. The smallest absolute Gasteiger partial charge is 0.323 e. The summed E-state index contributed by atoms with van der Waals surface area (Å²) in [5.74, 6) is -0.394. The van der Waals surface area contributed by atoms with E-state index in [-0.39, 0.29) is 0 Å². The molecule has 3 aromatic rings. The van der Waals surface area contributed by atoms with E-state index in [9.17, 15) is 13.6 Å². The Hall–Kier alpha value is -2.97. The number of H-pyrrole nitrogens is 1. The molecule has 0 spiro atoms. The summed E-state index contributed by atoms with van der Waals surface area (Å²) in [6, 6.07) is 4.26. The summed E-state index contributed by atoms with van der Waals surface area (Å²) >= 11 is 0. The number of aryl methyl sites for hydroxylation is 1. The minimum Gasteiger partial charge on any atom is -0.337 e. The van der Waals surface area contributed by atoms with Crippen LogP contribution in [0.1, 0.15) is 25.6 Å². The minimum atomic E-state index is -2.67. The maximum absolute atomic E-state index is 12.6. The monoisotopic (exact) mass is 334 g/mol. The van der Waals surface area contributed by atoms with Crippen molar-refractivity contribution >= 4 is 28.4 Å². The normalized spacial score (nSPS) is 11.2. The fourth-order valence-corrected chi connectivity index (χ4v) is 2.28. The van der Waals surface area contributed by atoms with Crippen molar-refractivity contribution in [1.82, 2.24) is 19.7 Å². The molecule has 0 aliphatic rings. The number of nitrogens with one attached hydrogen (secondary N) is 3. The predicted molar refractivity (Wildman–Crippen MR) is 86.2 cm³/mol.